The van der Waals surface area contributed by atoms with Gasteiger partial charge in [-0.2, -0.15) is 0 Å². The van der Waals surface area contributed by atoms with Crippen molar-refractivity contribution in [3.63, 3.8) is 0 Å². The summed E-state index contributed by atoms with van der Waals surface area (Å²) in [5.74, 6) is 0. The Morgan fingerprint density at radius 3 is 2.29 bits per heavy atom. The average molecular weight is 198 g/mol. The van der Waals surface area contributed by atoms with Gasteiger partial charge in [-0.3, -0.25) is 0 Å². The van der Waals surface area contributed by atoms with E-state index < -0.39 is 0 Å². The van der Waals surface area contributed by atoms with Gasteiger partial charge >= 0.3 is 0 Å². The molecule has 14 heavy (non-hydrogen) atoms. The van der Waals surface area contributed by atoms with E-state index in [1.54, 1.807) is 0 Å². The third-order valence-corrected chi connectivity index (χ3v) is 2.96. The van der Waals surface area contributed by atoms with Crippen molar-refractivity contribution >= 4 is 0 Å². The summed E-state index contributed by atoms with van der Waals surface area (Å²) in [6, 6.07) is 1.34. The lowest BCUT2D eigenvalue weighted by Crippen LogP contribution is -2.54. The van der Waals surface area contributed by atoms with Crippen molar-refractivity contribution in [2.24, 2.45) is 0 Å². The summed E-state index contributed by atoms with van der Waals surface area (Å²) in [6.07, 6.45) is 5.53. The van der Waals surface area contributed by atoms with E-state index in [0.717, 1.165) is 0 Å². The number of nitrogens with one attached hydrogen (secondary N) is 1. The topological polar surface area (TPSA) is 15.3 Å². The van der Waals surface area contributed by atoms with Gasteiger partial charge in [-0.25, -0.2) is 0 Å². The molecule has 0 amide bonds. The number of rotatable bonds is 5. The molecule has 84 valence electrons. The van der Waals surface area contributed by atoms with Crippen molar-refractivity contribution in [1.29, 1.82) is 0 Å². The summed E-state index contributed by atoms with van der Waals surface area (Å²) in [4.78, 5) is 2.61. The second kappa shape index (κ2) is 6.41. The Balaban J connectivity index is 2.10. The van der Waals surface area contributed by atoms with Crippen molar-refractivity contribution in [3.05, 3.63) is 0 Å². The van der Waals surface area contributed by atoms with Crippen LogP contribution in [0.4, 0.5) is 0 Å². The van der Waals surface area contributed by atoms with Crippen LogP contribution in [0.2, 0.25) is 0 Å². The summed E-state index contributed by atoms with van der Waals surface area (Å²) in [6.45, 7) is 10.6. The van der Waals surface area contributed by atoms with Gasteiger partial charge in [0.2, 0.25) is 0 Å². The van der Waals surface area contributed by atoms with Crippen LogP contribution in [0.3, 0.4) is 0 Å². The predicted molar refractivity (Wildman–Crippen MR) is 62.6 cm³/mol. The zero-order valence-electron chi connectivity index (χ0n) is 10.1. The average Bonchev–Trinajstić information content (AvgIpc) is 2.11. The van der Waals surface area contributed by atoms with E-state index in [2.05, 4.69) is 31.0 Å². The van der Waals surface area contributed by atoms with Gasteiger partial charge in [-0.05, 0) is 26.8 Å². The first-order chi connectivity index (χ1) is 6.72. The number of hydrogen-bond acceptors (Lipinski definition) is 2. The molecule has 0 radical (unpaired) electrons. The molecule has 0 aromatic heterocycles. The molecule has 0 aromatic rings. The van der Waals surface area contributed by atoms with E-state index in [4.69, 9.17) is 0 Å². The first-order valence-corrected chi connectivity index (χ1v) is 6.20. The lowest BCUT2D eigenvalue weighted by atomic mass is 10.1. The number of piperazine rings is 1. The van der Waals surface area contributed by atoms with E-state index in [9.17, 15) is 0 Å². The fourth-order valence-corrected chi connectivity index (χ4v) is 2.39. The van der Waals surface area contributed by atoms with Gasteiger partial charge in [0, 0.05) is 25.2 Å². The van der Waals surface area contributed by atoms with Gasteiger partial charge in [-0.15, -0.1) is 0 Å². The maximum atomic E-state index is 3.57. The third kappa shape index (κ3) is 4.43. The van der Waals surface area contributed by atoms with Crippen LogP contribution in [0.1, 0.15) is 46.5 Å². The van der Waals surface area contributed by atoms with Gasteiger partial charge in [0.15, 0.2) is 0 Å². The highest BCUT2D eigenvalue weighted by atomic mass is 15.2. The smallest absolute Gasteiger partial charge is 0.0169 e. The summed E-state index contributed by atoms with van der Waals surface area (Å²) in [7, 11) is 0. The number of unbranched alkanes of at least 4 members (excludes halogenated alkanes) is 3. The van der Waals surface area contributed by atoms with Gasteiger partial charge in [0.25, 0.3) is 0 Å². The van der Waals surface area contributed by atoms with Crippen molar-refractivity contribution < 1.29 is 0 Å². The highest BCUT2D eigenvalue weighted by Crippen LogP contribution is 2.07. The van der Waals surface area contributed by atoms with E-state index in [1.807, 2.05) is 0 Å². The molecule has 0 saturated carbocycles. The fraction of sp³-hybridized carbons (Fsp3) is 1.00. The minimum atomic E-state index is 0.671. The molecule has 2 heteroatoms. The quantitative estimate of drug-likeness (QED) is 0.682. The normalized spacial score (nSPS) is 29.4. The zero-order chi connectivity index (χ0) is 10.4. The summed E-state index contributed by atoms with van der Waals surface area (Å²) < 4.78 is 0. The molecular weight excluding hydrogens is 172 g/mol. The van der Waals surface area contributed by atoms with Crippen LogP contribution in [0.15, 0.2) is 0 Å². The molecule has 1 aliphatic heterocycles. The Morgan fingerprint density at radius 2 is 1.71 bits per heavy atom. The second-order valence-electron chi connectivity index (χ2n) is 4.79. The second-order valence-corrected chi connectivity index (χ2v) is 4.79. The lowest BCUT2D eigenvalue weighted by Gasteiger charge is -2.36. The van der Waals surface area contributed by atoms with Crippen LogP contribution in [-0.2, 0) is 0 Å². The largest absolute Gasteiger partial charge is 0.309 e. The molecule has 2 atom stereocenters. The third-order valence-electron chi connectivity index (χ3n) is 2.96. The number of hydrogen-bond donors (Lipinski definition) is 1. The van der Waals surface area contributed by atoms with Crippen LogP contribution in [-0.4, -0.2) is 36.6 Å². The van der Waals surface area contributed by atoms with E-state index in [0.29, 0.717) is 12.1 Å². The minimum Gasteiger partial charge on any atom is -0.309 e. The van der Waals surface area contributed by atoms with Crippen LogP contribution < -0.4 is 5.32 Å². The summed E-state index contributed by atoms with van der Waals surface area (Å²) in [5, 5.41) is 3.57. The lowest BCUT2D eigenvalue weighted by molar-refractivity contribution is 0.171. The zero-order valence-corrected chi connectivity index (χ0v) is 10.1. The van der Waals surface area contributed by atoms with Crippen molar-refractivity contribution in [1.82, 2.24) is 10.2 Å². The first kappa shape index (κ1) is 12.0. The van der Waals surface area contributed by atoms with Gasteiger partial charge in [0.1, 0.15) is 0 Å². The van der Waals surface area contributed by atoms with E-state index in [-0.39, 0.29) is 0 Å². The van der Waals surface area contributed by atoms with Crippen LogP contribution >= 0.6 is 0 Å². The molecule has 1 fully saturated rings. The Labute approximate surface area is 89.1 Å². The Bertz CT molecular complexity index is 137. The van der Waals surface area contributed by atoms with E-state index in [1.165, 1.54) is 45.3 Å². The Kier molecular flexibility index (Phi) is 5.49. The van der Waals surface area contributed by atoms with Crippen molar-refractivity contribution in [2.45, 2.75) is 58.5 Å². The molecule has 0 aliphatic carbocycles. The summed E-state index contributed by atoms with van der Waals surface area (Å²) in [5.41, 5.74) is 0. The van der Waals surface area contributed by atoms with Gasteiger partial charge in [0.05, 0.1) is 0 Å². The van der Waals surface area contributed by atoms with Crippen LogP contribution in [0.5, 0.6) is 0 Å². The number of nitrogens with zero attached hydrogens (tertiary/aromatic N) is 1. The predicted octanol–water partition coefficient (Wildman–Crippen LogP) is 2.25. The molecule has 0 spiro atoms. The molecule has 1 heterocycles. The Morgan fingerprint density at radius 1 is 1.07 bits per heavy atom. The SMILES string of the molecule is CCCCCCN1CC(C)NC(C)C1. The van der Waals surface area contributed by atoms with Crippen LogP contribution in [0, 0.1) is 0 Å². The van der Waals surface area contributed by atoms with Crippen molar-refractivity contribution in [3.8, 4) is 0 Å². The maximum absolute atomic E-state index is 3.57. The molecule has 0 aromatic carbocycles. The van der Waals surface area contributed by atoms with Crippen LogP contribution in [0.25, 0.3) is 0 Å². The first-order valence-electron chi connectivity index (χ1n) is 6.20. The fourth-order valence-electron chi connectivity index (χ4n) is 2.39. The Hall–Kier alpha value is -0.0800. The van der Waals surface area contributed by atoms with Crippen molar-refractivity contribution in [2.75, 3.05) is 19.6 Å². The molecule has 1 saturated heterocycles. The molecule has 0 bridgehead atoms. The maximum Gasteiger partial charge on any atom is 0.0169 e. The monoisotopic (exact) mass is 198 g/mol. The standard InChI is InChI=1S/C12H26N2/c1-4-5-6-7-8-14-9-11(2)13-12(3)10-14/h11-13H,4-10H2,1-3H3. The highest BCUT2D eigenvalue weighted by Gasteiger charge is 2.19. The molecule has 1 rings (SSSR count). The molecule has 1 N–H and O–H groups in total. The van der Waals surface area contributed by atoms with Gasteiger partial charge in [-0.1, -0.05) is 26.2 Å². The van der Waals surface area contributed by atoms with E-state index >= 15 is 0 Å². The molecule has 1 aliphatic rings. The molecule has 2 nitrogen and oxygen atoms in total. The summed E-state index contributed by atoms with van der Waals surface area (Å²) >= 11 is 0. The minimum absolute atomic E-state index is 0.671. The molecular formula is C12H26N2. The highest BCUT2D eigenvalue weighted by molar-refractivity contribution is 4.80. The van der Waals surface area contributed by atoms with Gasteiger partial charge < -0.3 is 10.2 Å². The molecule has 2 unspecified atom stereocenters.